The molecule has 0 saturated carbocycles. The standard InChI is InChI=1S/C15H18N2/c1-12-8-14(10-16-9-12)11-17-13(2)15-6-4-3-5-7-15/h3-10,13,17H,11H2,1-2H3. The number of rotatable bonds is 4. The SMILES string of the molecule is Cc1cncc(CNC(C)c2ccccc2)c1. The number of pyridine rings is 1. The molecule has 0 aliphatic carbocycles. The molecule has 88 valence electrons. The lowest BCUT2D eigenvalue weighted by atomic mass is 10.1. The van der Waals surface area contributed by atoms with Crippen LogP contribution in [0.3, 0.4) is 0 Å². The third-order valence-corrected chi connectivity index (χ3v) is 2.84. The molecule has 1 heterocycles. The van der Waals surface area contributed by atoms with E-state index in [-0.39, 0.29) is 0 Å². The van der Waals surface area contributed by atoms with Crippen LogP contribution in [-0.4, -0.2) is 4.98 Å². The largest absolute Gasteiger partial charge is 0.306 e. The van der Waals surface area contributed by atoms with Crippen LogP contribution in [0.1, 0.15) is 29.7 Å². The summed E-state index contributed by atoms with van der Waals surface area (Å²) in [6.07, 6.45) is 3.79. The van der Waals surface area contributed by atoms with Gasteiger partial charge in [0.2, 0.25) is 0 Å². The van der Waals surface area contributed by atoms with Gasteiger partial charge in [-0.15, -0.1) is 0 Å². The van der Waals surface area contributed by atoms with Gasteiger partial charge in [0, 0.05) is 25.0 Å². The van der Waals surface area contributed by atoms with Crippen molar-refractivity contribution in [3.8, 4) is 0 Å². The molecule has 1 atom stereocenters. The van der Waals surface area contributed by atoms with Gasteiger partial charge in [0.1, 0.15) is 0 Å². The lowest BCUT2D eigenvalue weighted by molar-refractivity contribution is 0.573. The Hall–Kier alpha value is -1.67. The Morgan fingerprint density at radius 2 is 1.94 bits per heavy atom. The van der Waals surface area contributed by atoms with E-state index in [0.29, 0.717) is 6.04 Å². The average Bonchev–Trinajstić information content (AvgIpc) is 2.37. The van der Waals surface area contributed by atoms with Gasteiger partial charge in [0.15, 0.2) is 0 Å². The maximum Gasteiger partial charge on any atom is 0.0313 e. The second-order valence-electron chi connectivity index (χ2n) is 4.38. The zero-order valence-electron chi connectivity index (χ0n) is 10.4. The van der Waals surface area contributed by atoms with E-state index in [1.54, 1.807) is 0 Å². The molecule has 17 heavy (non-hydrogen) atoms. The van der Waals surface area contributed by atoms with Crippen LogP contribution in [0.4, 0.5) is 0 Å². The lowest BCUT2D eigenvalue weighted by Crippen LogP contribution is -2.18. The molecular formula is C15H18N2. The number of benzene rings is 1. The highest BCUT2D eigenvalue weighted by atomic mass is 14.9. The molecular weight excluding hydrogens is 208 g/mol. The number of nitrogens with zero attached hydrogens (tertiary/aromatic N) is 1. The molecule has 1 N–H and O–H groups in total. The van der Waals surface area contributed by atoms with Gasteiger partial charge in [0.05, 0.1) is 0 Å². The first-order valence-electron chi connectivity index (χ1n) is 5.94. The fourth-order valence-electron chi connectivity index (χ4n) is 1.84. The van der Waals surface area contributed by atoms with Crippen LogP contribution in [0.2, 0.25) is 0 Å². The second-order valence-corrected chi connectivity index (χ2v) is 4.38. The van der Waals surface area contributed by atoms with E-state index in [9.17, 15) is 0 Å². The second kappa shape index (κ2) is 5.60. The minimum absolute atomic E-state index is 0.358. The monoisotopic (exact) mass is 226 g/mol. The van der Waals surface area contributed by atoms with Gasteiger partial charge in [0.25, 0.3) is 0 Å². The lowest BCUT2D eigenvalue weighted by Gasteiger charge is -2.14. The molecule has 0 aliphatic heterocycles. The zero-order chi connectivity index (χ0) is 12.1. The number of aryl methyl sites for hydroxylation is 1. The molecule has 1 unspecified atom stereocenters. The number of hydrogen-bond acceptors (Lipinski definition) is 2. The summed E-state index contributed by atoms with van der Waals surface area (Å²) in [5, 5.41) is 3.50. The Morgan fingerprint density at radius 1 is 1.18 bits per heavy atom. The number of nitrogens with one attached hydrogen (secondary N) is 1. The third kappa shape index (κ3) is 3.40. The van der Waals surface area contributed by atoms with Gasteiger partial charge in [-0.05, 0) is 30.5 Å². The summed E-state index contributed by atoms with van der Waals surface area (Å²) in [6, 6.07) is 13.0. The molecule has 0 aliphatic rings. The molecule has 1 aromatic heterocycles. The topological polar surface area (TPSA) is 24.9 Å². The van der Waals surface area contributed by atoms with Crippen molar-refractivity contribution >= 4 is 0 Å². The Morgan fingerprint density at radius 3 is 2.65 bits per heavy atom. The maximum absolute atomic E-state index is 4.19. The molecule has 0 spiro atoms. The smallest absolute Gasteiger partial charge is 0.0313 e. The highest BCUT2D eigenvalue weighted by Crippen LogP contribution is 2.12. The first kappa shape index (κ1) is 11.8. The van der Waals surface area contributed by atoms with E-state index < -0.39 is 0 Å². The average molecular weight is 226 g/mol. The summed E-state index contributed by atoms with van der Waals surface area (Å²) in [7, 11) is 0. The van der Waals surface area contributed by atoms with Crippen molar-refractivity contribution in [3.63, 3.8) is 0 Å². The highest BCUT2D eigenvalue weighted by molar-refractivity contribution is 5.19. The molecule has 2 aromatic rings. The van der Waals surface area contributed by atoms with Gasteiger partial charge in [-0.25, -0.2) is 0 Å². The van der Waals surface area contributed by atoms with Gasteiger partial charge < -0.3 is 5.32 Å². The van der Waals surface area contributed by atoms with Crippen LogP contribution in [0.25, 0.3) is 0 Å². The summed E-state index contributed by atoms with van der Waals surface area (Å²) in [4.78, 5) is 4.19. The van der Waals surface area contributed by atoms with Gasteiger partial charge in [-0.3, -0.25) is 4.98 Å². The van der Waals surface area contributed by atoms with Crippen LogP contribution in [0, 0.1) is 6.92 Å². The summed E-state index contributed by atoms with van der Waals surface area (Å²) in [5.74, 6) is 0. The molecule has 2 heteroatoms. The van der Waals surface area contributed by atoms with E-state index in [0.717, 1.165) is 6.54 Å². The van der Waals surface area contributed by atoms with Crippen molar-refractivity contribution in [1.29, 1.82) is 0 Å². The maximum atomic E-state index is 4.19. The summed E-state index contributed by atoms with van der Waals surface area (Å²) in [6.45, 7) is 5.10. The molecule has 0 radical (unpaired) electrons. The molecule has 1 aromatic carbocycles. The normalized spacial score (nSPS) is 12.4. The molecule has 0 amide bonds. The van der Waals surface area contributed by atoms with E-state index >= 15 is 0 Å². The van der Waals surface area contributed by atoms with Crippen LogP contribution in [0.5, 0.6) is 0 Å². The predicted octanol–water partition coefficient (Wildman–Crippen LogP) is 3.24. The Kier molecular flexibility index (Phi) is 3.89. The Bertz CT molecular complexity index is 465. The van der Waals surface area contributed by atoms with Crippen molar-refractivity contribution in [2.24, 2.45) is 0 Å². The third-order valence-electron chi connectivity index (χ3n) is 2.84. The van der Waals surface area contributed by atoms with Gasteiger partial charge >= 0.3 is 0 Å². The Balaban J connectivity index is 1.95. The fourth-order valence-corrected chi connectivity index (χ4v) is 1.84. The highest BCUT2D eigenvalue weighted by Gasteiger charge is 2.03. The first-order chi connectivity index (χ1) is 8.25. The fraction of sp³-hybridized carbons (Fsp3) is 0.267. The van der Waals surface area contributed by atoms with E-state index in [1.807, 2.05) is 18.5 Å². The van der Waals surface area contributed by atoms with Gasteiger partial charge in [-0.1, -0.05) is 36.4 Å². The van der Waals surface area contributed by atoms with Crippen molar-refractivity contribution in [2.75, 3.05) is 0 Å². The molecule has 0 saturated heterocycles. The van der Waals surface area contributed by atoms with E-state index in [1.165, 1.54) is 16.7 Å². The Labute approximate surface area is 103 Å². The minimum Gasteiger partial charge on any atom is -0.306 e. The van der Waals surface area contributed by atoms with Crippen molar-refractivity contribution < 1.29 is 0 Å². The molecule has 2 rings (SSSR count). The van der Waals surface area contributed by atoms with Crippen molar-refractivity contribution in [2.45, 2.75) is 26.4 Å². The first-order valence-corrected chi connectivity index (χ1v) is 5.94. The summed E-state index contributed by atoms with van der Waals surface area (Å²) in [5.41, 5.74) is 3.75. The predicted molar refractivity (Wildman–Crippen MR) is 70.7 cm³/mol. The molecule has 0 bridgehead atoms. The van der Waals surface area contributed by atoms with Gasteiger partial charge in [-0.2, -0.15) is 0 Å². The molecule has 2 nitrogen and oxygen atoms in total. The zero-order valence-corrected chi connectivity index (χ0v) is 10.4. The minimum atomic E-state index is 0.358. The van der Waals surface area contributed by atoms with Crippen LogP contribution in [-0.2, 0) is 6.54 Å². The van der Waals surface area contributed by atoms with Crippen molar-refractivity contribution in [3.05, 3.63) is 65.5 Å². The number of aromatic nitrogens is 1. The van der Waals surface area contributed by atoms with E-state index in [2.05, 4.69) is 54.5 Å². The quantitative estimate of drug-likeness (QED) is 0.865. The van der Waals surface area contributed by atoms with Crippen LogP contribution >= 0.6 is 0 Å². The van der Waals surface area contributed by atoms with Crippen LogP contribution < -0.4 is 5.32 Å². The van der Waals surface area contributed by atoms with E-state index in [4.69, 9.17) is 0 Å². The van der Waals surface area contributed by atoms with Crippen molar-refractivity contribution in [1.82, 2.24) is 10.3 Å². The summed E-state index contributed by atoms with van der Waals surface area (Å²) < 4.78 is 0. The van der Waals surface area contributed by atoms with Crippen LogP contribution in [0.15, 0.2) is 48.8 Å². The molecule has 0 fully saturated rings. The summed E-state index contributed by atoms with van der Waals surface area (Å²) >= 11 is 0. The number of hydrogen-bond donors (Lipinski definition) is 1.